The van der Waals surface area contributed by atoms with Gasteiger partial charge in [-0.2, -0.15) is 0 Å². The smallest absolute Gasteiger partial charge is 0.229 e. The molecule has 0 aromatic carbocycles. The third-order valence-electron chi connectivity index (χ3n) is 5.76. The molecule has 132 valence electrons. The van der Waals surface area contributed by atoms with Crippen LogP contribution in [-0.2, 0) is 11.3 Å². The topological polar surface area (TPSA) is 39.7 Å². The van der Waals surface area contributed by atoms with E-state index in [0.29, 0.717) is 11.1 Å². The first-order chi connectivity index (χ1) is 11.6. The van der Waals surface area contributed by atoms with Gasteiger partial charge in [-0.15, -0.1) is 0 Å². The summed E-state index contributed by atoms with van der Waals surface area (Å²) in [6, 6.07) is 0. The molecule has 0 bridgehead atoms. The molecule has 7 heteroatoms. The van der Waals surface area contributed by atoms with Crippen LogP contribution in [0.15, 0.2) is 0 Å². The van der Waals surface area contributed by atoms with Crippen LogP contribution in [0.4, 0.5) is 5.13 Å². The minimum atomic E-state index is -0.151. The van der Waals surface area contributed by atoms with Crippen molar-refractivity contribution in [2.24, 2.45) is 5.41 Å². The molecule has 24 heavy (non-hydrogen) atoms. The molecule has 1 aromatic rings. The summed E-state index contributed by atoms with van der Waals surface area (Å²) in [4.78, 5) is 25.0. The number of halogens is 1. The average Bonchev–Trinajstić information content (AvgIpc) is 3.28. The summed E-state index contributed by atoms with van der Waals surface area (Å²) in [5.41, 5.74) is -0.151. The highest BCUT2D eigenvalue weighted by Crippen LogP contribution is 2.41. The number of amides is 1. The van der Waals surface area contributed by atoms with Gasteiger partial charge in [-0.05, 0) is 38.6 Å². The number of piperidine rings is 1. The summed E-state index contributed by atoms with van der Waals surface area (Å²) in [5, 5.41) is 1.71. The van der Waals surface area contributed by atoms with E-state index in [1.807, 2.05) is 11.9 Å². The van der Waals surface area contributed by atoms with E-state index in [2.05, 4.69) is 14.8 Å². The molecule has 0 saturated carbocycles. The van der Waals surface area contributed by atoms with Gasteiger partial charge in [-0.25, -0.2) is 4.98 Å². The number of likely N-dealkylation sites (tertiary alicyclic amines) is 2. The predicted molar refractivity (Wildman–Crippen MR) is 97.8 cm³/mol. The third kappa shape index (κ3) is 2.93. The minimum Gasteiger partial charge on any atom is -0.348 e. The SMILES string of the molecule is CN1CCC[C@@]2(CCN(Cc3sc(N4CCCC4)nc3Cl)C2)C1=O. The lowest BCUT2D eigenvalue weighted by Crippen LogP contribution is -2.48. The number of rotatable bonds is 3. The number of nitrogens with zero attached hydrogens (tertiary/aromatic N) is 4. The highest BCUT2D eigenvalue weighted by molar-refractivity contribution is 7.16. The zero-order chi connectivity index (χ0) is 16.7. The fourth-order valence-corrected chi connectivity index (χ4v) is 5.76. The van der Waals surface area contributed by atoms with E-state index >= 15 is 0 Å². The summed E-state index contributed by atoms with van der Waals surface area (Å²) < 4.78 is 0. The van der Waals surface area contributed by atoms with Crippen molar-refractivity contribution < 1.29 is 4.79 Å². The van der Waals surface area contributed by atoms with Crippen molar-refractivity contribution in [3.63, 3.8) is 0 Å². The van der Waals surface area contributed by atoms with Crippen molar-refractivity contribution in [1.82, 2.24) is 14.8 Å². The van der Waals surface area contributed by atoms with Crippen LogP contribution in [0.3, 0.4) is 0 Å². The molecule has 0 aliphatic carbocycles. The van der Waals surface area contributed by atoms with Gasteiger partial charge in [0.2, 0.25) is 5.91 Å². The van der Waals surface area contributed by atoms with Gasteiger partial charge in [0, 0.05) is 39.8 Å². The highest BCUT2D eigenvalue weighted by atomic mass is 35.5. The summed E-state index contributed by atoms with van der Waals surface area (Å²) in [7, 11) is 1.94. The number of carbonyl (C=O) groups is 1. The van der Waals surface area contributed by atoms with Crippen LogP contribution >= 0.6 is 22.9 Å². The second-order valence-corrected chi connectivity index (χ2v) is 8.90. The monoisotopic (exact) mass is 368 g/mol. The van der Waals surface area contributed by atoms with Gasteiger partial charge < -0.3 is 9.80 Å². The maximum Gasteiger partial charge on any atom is 0.229 e. The number of hydrogen-bond acceptors (Lipinski definition) is 5. The molecule has 3 fully saturated rings. The van der Waals surface area contributed by atoms with Gasteiger partial charge in [-0.1, -0.05) is 22.9 Å². The third-order valence-corrected chi connectivity index (χ3v) is 7.29. The Morgan fingerprint density at radius 1 is 1.17 bits per heavy atom. The molecule has 1 atom stereocenters. The predicted octanol–water partition coefficient (Wildman–Crippen LogP) is 2.84. The maximum absolute atomic E-state index is 12.6. The van der Waals surface area contributed by atoms with Gasteiger partial charge in [0.15, 0.2) is 5.13 Å². The first-order valence-electron chi connectivity index (χ1n) is 8.95. The zero-order valence-corrected chi connectivity index (χ0v) is 15.8. The average molecular weight is 369 g/mol. The molecule has 1 spiro atoms. The number of carbonyl (C=O) groups excluding carboxylic acids is 1. The first-order valence-corrected chi connectivity index (χ1v) is 10.1. The summed E-state index contributed by atoms with van der Waals surface area (Å²) in [6.07, 6.45) is 5.62. The summed E-state index contributed by atoms with van der Waals surface area (Å²) in [6.45, 7) is 5.76. The van der Waals surface area contributed by atoms with Crippen molar-refractivity contribution >= 4 is 34.0 Å². The second kappa shape index (κ2) is 6.46. The Balaban J connectivity index is 1.44. The molecule has 3 aliphatic rings. The van der Waals surface area contributed by atoms with E-state index in [4.69, 9.17) is 11.6 Å². The Morgan fingerprint density at radius 3 is 2.75 bits per heavy atom. The molecule has 0 N–H and O–H groups in total. The van der Waals surface area contributed by atoms with Gasteiger partial charge in [0.1, 0.15) is 5.15 Å². The normalized spacial score (nSPS) is 28.5. The lowest BCUT2D eigenvalue weighted by Gasteiger charge is -2.37. The lowest BCUT2D eigenvalue weighted by molar-refractivity contribution is -0.143. The van der Waals surface area contributed by atoms with E-state index in [0.717, 1.165) is 68.5 Å². The molecule has 3 saturated heterocycles. The van der Waals surface area contributed by atoms with Crippen molar-refractivity contribution in [1.29, 1.82) is 0 Å². The highest BCUT2D eigenvalue weighted by Gasteiger charge is 2.47. The molecular weight excluding hydrogens is 344 g/mol. The Hall–Kier alpha value is -0.850. The maximum atomic E-state index is 12.6. The molecular formula is C17H25ClN4OS. The van der Waals surface area contributed by atoms with Gasteiger partial charge in [-0.3, -0.25) is 9.69 Å². The fraction of sp³-hybridized carbons (Fsp3) is 0.765. The van der Waals surface area contributed by atoms with Gasteiger partial charge >= 0.3 is 0 Å². The second-order valence-electron chi connectivity index (χ2n) is 7.48. The molecule has 0 unspecified atom stereocenters. The number of aromatic nitrogens is 1. The molecule has 0 radical (unpaired) electrons. The van der Waals surface area contributed by atoms with Gasteiger partial charge in [0.25, 0.3) is 0 Å². The van der Waals surface area contributed by atoms with E-state index in [-0.39, 0.29) is 5.41 Å². The van der Waals surface area contributed by atoms with Crippen molar-refractivity contribution in [2.45, 2.75) is 38.6 Å². The molecule has 5 nitrogen and oxygen atoms in total. The Labute approximate surface area is 152 Å². The van der Waals surface area contributed by atoms with Crippen LogP contribution in [0.2, 0.25) is 5.15 Å². The Kier molecular flexibility index (Phi) is 4.47. The van der Waals surface area contributed by atoms with Crippen LogP contribution in [-0.4, -0.2) is 60.5 Å². The summed E-state index contributed by atoms with van der Waals surface area (Å²) >= 11 is 8.13. The Bertz CT molecular complexity index is 630. The lowest BCUT2D eigenvalue weighted by atomic mass is 9.78. The van der Waals surface area contributed by atoms with E-state index in [1.54, 1.807) is 11.3 Å². The number of thiazole rings is 1. The standard InChI is InChI=1S/C17H25ClN4OS/c1-20-7-4-5-17(15(20)23)6-10-21(12-17)11-13-14(18)19-16(24-13)22-8-2-3-9-22/h2-12H2,1H3/t17-/m0/s1. The van der Waals surface area contributed by atoms with Gasteiger partial charge in [0.05, 0.1) is 10.3 Å². The van der Waals surface area contributed by atoms with Crippen molar-refractivity contribution in [3.8, 4) is 0 Å². The van der Waals surface area contributed by atoms with Crippen molar-refractivity contribution in [3.05, 3.63) is 10.0 Å². The van der Waals surface area contributed by atoms with Crippen LogP contribution < -0.4 is 4.90 Å². The quantitative estimate of drug-likeness (QED) is 0.822. The van der Waals surface area contributed by atoms with Crippen LogP contribution in [0.25, 0.3) is 0 Å². The molecule has 4 heterocycles. The molecule has 4 rings (SSSR count). The first kappa shape index (κ1) is 16.6. The van der Waals surface area contributed by atoms with E-state index in [1.165, 1.54) is 12.8 Å². The van der Waals surface area contributed by atoms with Crippen molar-refractivity contribution in [2.75, 3.05) is 44.7 Å². The van der Waals surface area contributed by atoms with E-state index < -0.39 is 0 Å². The summed E-state index contributed by atoms with van der Waals surface area (Å²) in [5.74, 6) is 0.337. The molecule has 3 aliphatic heterocycles. The van der Waals surface area contributed by atoms with Crippen LogP contribution in [0.1, 0.15) is 37.0 Å². The van der Waals surface area contributed by atoms with E-state index in [9.17, 15) is 4.79 Å². The fourth-order valence-electron chi connectivity index (χ4n) is 4.41. The largest absolute Gasteiger partial charge is 0.348 e. The van der Waals surface area contributed by atoms with Crippen LogP contribution in [0.5, 0.6) is 0 Å². The van der Waals surface area contributed by atoms with Crippen LogP contribution in [0, 0.1) is 5.41 Å². The molecule has 1 amide bonds. The Morgan fingerprint density at radius 2 is 1.96 bits per heavy atom. The minimum absolute atomic E-state index is 0.151. The molecule has 1 aromatic heterocycles. The number of hydrogen-bond donors (Lipinski definition) is 0. The zero-order valence-electron chi connectivity index (χ0n) is 14.3. The number of anilines is 1.